The summed E-state index contributed by atoms with van der Waals surface area (Å²) in [4.78, 5) is 17.7. The SMILES string of the molecule is COc1ccc(C)cc1[C@]1(C(N)=O)OCC(c2ccccc2)C1S(=O)(=O)c1cccc2nc(N)ccc12. The molecular weight excluding hydrogens is 490 g/mol. The molecule has 8 nitrogen and oxygen atoms in total. The van der Waals surface area contributed by atoms with Crippen LogP contribution in [0.15, 0.2) is 83.8 Å². The Balaban J connectivity index is 1.84. The fourth-order valence-corrected chi connectivity index (χ4v) is 7.73. The third-order valence-electron chi connectivity index (χ3n) is 6.96. The number of methoxy groups -OCH3 is 1. The van der Waals surface area contributed by atoms with E-state index in [1.54, 1.807) is 36.4 Å². The highest BCUT2D eigenvalue weighted by molar-refractivity contribution is 7.92. The number of aromatic nitrogens is 1. The van der Waals surface area contributed by atoms with E-state index < -0.39 is 32.5 Å². The molecule has 4 aromatic rings. The van der Waals surface area contributed by atoms with Crippen molar-refractivity contribution in [2.24, 2.45) is 5.73 Å². The summed E-state index contributed by atoms with van der Waals surface area (Å²) in [5.41, 5.74) is 12.1. The number of pyridine rings is 1. The van der Waals surface area contributed by atoms with Gasteiger partial charge in [-0.05, 0) is 48.9 Å². The van der Waals surface area contributed by atoms with Crippen LogP contribution in [0.1, 0.15) is 22.6 Å². The molecule has 1 aliphatic heterocycles. The summed E-state index contributed by atoms with van der Waals surface area (Å²) in [6.45, 7) is 1.80. The van der Waals surface area contributed by atoms with Crippen LogP contribution in [-0.2, 0) is 25.0 Å². The van der Waals surface area contributed by atoms with E-state index in [0.29, 0.717) is 22.2 Å². The minimum atomic E-state index is -4.28. The molecule has 1 saturated heterocycles. The molecule has 1 aliphatic rings. The van der Waals surface area contributed by atoms with Crippen molar-refractivity contribution in [1.29, 1.82) is 0 Å². The van der Waals surface area contributed by atoms with Crippen LogP contribution in [0.3, 0.4) is 0 Å². The van der Waals surface area contributed by atoms with E-state index in [-0.39, 0.29) is 22.9 Å². The molecule has 4 N–H and O–H groups in total. The number of hydrogen-bond acceptors (Lipinski definition) is 7. The second-order valence-electron chi connectivity index (χ2n) is 9.16. The minimum absolute atomic E-state index is 0.0196. The van der Waals surface area contributed by atoms with Gasteiger partial charge in [0.25, 0.3) is 5.91 Å². The Labute approximate surface area is 215 Å². The van der Waals surface area contributed by atoms with Crippen LogP contribution in [0.25, 0.3) is 10.9 Å². The maximum atomic E-state index is 14.7. The lowest BCUT2D eigenvalue weighted by atomic mass is 9.82. The van der Waals surface area contributed by atoms with E-state index in [2.05, 4.69) is 4.98 Å². The quantitative estimate of drug-likeness (QED) is 0.400. The van der Waals surface area contributed by atoms with Gasteiger partial charge in [0, 0.05) is 16.9 Å². The molecule has 9 heteroatoms. The lowest BCUT2D eigenvalue weighted by Gasteiger charge is -2.34. The molecule has 5 rings (SSSR count). The molecule has 1 fully saturated rings. The van der Waals surface area contributed by atoms with Crippen molar-refractivity contribution >= 4 is 32.5 Å². The van der Waals surface area contributed by atoms with E-state index in [4.69, 9.17) is 20.9 Å². The molecule has 2 heterocycles. The Morgan fingerprint density at radius 1 is 1.05 bits per heavy atom. The predicted octanol–water partition coefficient (Wildman–Crippen LogP) is 3.47. The van der Waals surface area contributed by atoms with Crippen molar-refractivity contribution in [2.45, 2.75) is 28.6 Å². The summed E-state index contributed by atoms with van der Waals surface area (Å²) >= 11 is 0. The molecule has 3 aromatic carbocycles. The van der Waals surface area contributed by atoms with E-state index >= 15 is 0 Å². The van der Waals surface area contributed by atoms with Gasteiger partial charge in [0.05, 0.1) is 24.1 Å². The Morgan fingerprint density at radius 2 is 1.81 bits per heavy atom. The number of nitrogens with zero attached hydrogens (tertiary/aromatic N) is 1. The second-order valence-corrected chi connectivity index (χ2v) is 11.2. The van der Waals surface area contributed by atoms with Gasteiger partial charge in [-0.25, -0.2) is 13.4 Å². The molecule has 0 radical (unpaired) electrons. The maximum Gasteiger partial charge on any atom is 0.255 e. The van der Waals surface area contributed by atoms with Crippen molar-refractivity contribution in [1.82, 2.24) is 4.98 Å². The highest BCUT2D eigenvalue weighted by Crippen LogP contribution is 2.51. The van der Waals surface area contributed by atoms with Gasteiger partial charge < -0.3 is 20.9 Å². The van der Waals surface area contributed by atoms with Gasteiger partial charge in [0.2, 0.25) is 0 Å². The van der Waals surface area contributed by atoms with Gasteiger partial charge in [-0.15, -0.1) is 0 Å². The summed E-state index contributed by atoms with van der Waals surface area (Å²) in [6, 6.07) is 22.3. The Morgan fingerprint density at radius 3 is 2.51 bits per heavy atom. The highest BCUT2D eigenvalue weighted by atomic mass is 32.2. The molecule has 190 valence electrons. The number of ether oxygens (including phenoxy) is 2. The molecule has 3 atom stereocenters. The van der Waals surface area contributed by atoms with Crippen LogP contribution in [-0.4, -0.2) is 38.3 Å². The third-order valence-corrected chi connectivity index (χ3v) is 9.26. The molecule has 37 heavy (non-hydrogen) atoms. The largest absolute Gasteiger partial charge is 0.496 e. The number of aryl methyl sites for hydroxylation is 1. The molecule has 0 spiro atoms. The summed E-state index contributed by atoms with van der Waals surface area (Å²) in [6.07, 6.45) is 0. The first-order valence-corrected chi connectivity index (χ1v) is 13.3. The van der Waals surface area contributed by atoms with Gasteiger partial charge in [0.15, 0.2) is 15.4 Å². The number of nitrogen functional groups attached to an aromatic ring is 1. The summed E-state index contributed by atoms with van der Waals surface area (Å²) < 4.78 is 41.2. The fraction of sp³-hybridized carbons (Fsp3) is 0.214. The Kier molecular flexibility index (Phi) is 6.13. The number of primary amides is 1. The monoisotopic (exact) mass is 517 g/mol. The first kappa shape index (κ1) is 24.7. The first-order valence-electron chi connectivity index (χ1n) is 11.7. The molecule has 1 amide bonds. The van der Waals surface area contributed by atoms with Gasteiger partial charge >= 0.3 is 0 Å². The minimum Gasteiger partial charge on any atom is -0.496 e. The average molecular weight is 518 g/mol. The standard InChI is InChI=1S/C28H27N3O5S/c1-17-11-13-23(35-2)21(15-17)28(27(30)32)26(20(16-36-28)18-7-4-3-5-8-18)37(33,34)24-10-6-9-22-19(24)12-14-25(29)31-22/h3-15,20,26H,16H2,1-2H3,(H2,29,31)(H2,30,32)/t20?,26?,28-/m0/s1. The van der Waals surface area contributed by atoms with E-state index in [1.165, 1.54) is 13.2 Å². The third kappa shape index (κ3) is 3.91. The number of amides is 1. The van der Waals surface area contributed by atoms with E-state index in [1.807, 2.05) is 43.3 Å². The van der Waals surface area contributed by atoms with Crippen LogP contribution >= 0.6 is 0 Å². The zero-order valence-corrected chi connectivity index (χ0v) is 21.2. The van der Waals surface area contributed by atoms with Crippen molar-refractivity contribution in [3.05, 3.63) is 95.6 Å². The number of anilines is 1. The number of nitrogens with two attached hydrogens (primary N) is 2. The van der Waals surface area contributed by atoms with Crippen molar-refractivity contribution in [3.8, 4) is 5.75 Å². The fourth-order valence-electron chi connectivity index (χ4n) is 5.29. The summed E-state index contributed by atoms with van der Waals surface area (Å²) in [7, 11) is -2.82. The van der Waals surface area contributed by atoms with E-state index in [9.17, 15) is 13.2 Å². The lowest BCUT2D eigenvalue weighted by molar-refractivity contribution is -0.138. The van der Waals surface area contributed by atoms with Crippen LogP contribution in [0.5, 0.6) is 5.75 Å². The molecular formula is C28H27N3O5S. The number of sulfone groups is 1. The lowest BCUT2D eigenvalue weighted by Crippen LogP contribution is -2.52. The molecule has 0 bridgehead atoms. The number of carbonyl (C=O) groups is 1. The first-order chi connectivity index (χ1) is 17.7. The van der Waals surface area contributed by atoms with Crippen LogP contribution < -0.4 is 16.2 Å². The van der Waals surface area contributed by atoms with Gasteiger partial charge in [-0.2, -0.15) is 0 Å². The smallest absolute Gasteiger partial charge is 0.255 e. The van der Waals surface area contributed by atoms with Crippen molar-refractivity contribution < 1.29 is 22.7 Å². The van der Waals surface area contributed by atoms with Crippen LogP contribution in [0.4, 0.5) is 5.82 Å². The number of fused-ring (bicyclic) bond motifs is 1. The van der Waals surface area contributed by atoms with Gasteiger partial charge in [-0.3, -0.25) is 4.79 Å². The molecule has 2 unspecified atom stereocenters. The number of hydrogen-bond donors (Lipinski definition) is 2. The zero-order valence-electron chi connectivity index (χ0n) is 20.4. The highest BCUT2D eigenvalue weighted by Gasteiger charge is 2.63. The Bertz CT molecular complexity index is 1610. The number of rotatable bonds is 6. The summed E-state index contributed by atoms with van der Waals surface area (Å²) in [5, 5.41) is -0.997. The Hall–Kier alpha value is -3.95. The molecule has 0 aliphatic carbocycles. The van der Waals surface area contributed by atoms with Gasteiger partial charge in [-0.1, -0.05) is 48.0 Å². The number of benzene rings is 3. The average Bonchev–Trinajstić information content (AvgIpc) is 3.31. The number of carbonyl (C=O) groups excluding carboxylic acids is 1. The second kappa shape index (κ2) is 9.17. The van der Waals surface area contributed by atoms with Gasteiger partial charge in [0.1, 0.15) is 16.8 Å². The van der Waals surface area contributed by atoms with Crippen LogP contribution in [0.2, 0.25) is 0 Å². The predicted molar refractivity (Wildman–Crippen MR) is 141 cm³/mol. The zero-order chi connectivity index (χ0) is 26.4. The van der Waals surface area contributed by atoms with E-state index in [0.717, 1.165) is 5.56 Å². The van der Waals surface area contributed by atoms with Crippen molar-refractivity contribution in [2.75, 3.05) is 19.5 Å². The molecule has 1 aromatic heterocycles. The van der Waals surface area contributed by atoms with Crippen LogP contribution in [0, 0.1) is 6.92 Å². The normalized spacial score (nSPS) is 21.7. The molecule has 0 saturated carbocycles. The summed E-state index contributed by atoms with van der Waals surface area (Å²) in [5.74, 6) is -1.03. The topological polar surface area (TPSA) is 135 Å². The van der Waals surface area contributed by atoms with Crippen molar-refractivity contribution in [3.63, 3.8) is 0 Å². The maximum absolute atomic E-state index is 14.7.